The summed E-state index contributed by atoms with van der Waals surface area (Å²) in [5, 5.41) is 6.92. The van der Waals surface area contributed by atoms with Crippen LogP contribution in [0.4, 0.5) is 11.6 Å². The minimum absolute atomic E-state index is 0.531. The van der Waals surface area contributed by atoms with Crippen LogP contribution >= 0.6 is 0 Å². The van der Waals surface area contributed by atoms with E-state index < -0.39 is 0 Å². The predicted molar refractivity (Wildman–Crippen MR) is 79.7 cm³/mol. The summed E-state index contributed by atoms with van der Waals surface area (Å²) in [7, 11) is 2.18. The van der Waals surface area contributed by atoms with E-state index in [1.165, 1.54) is 12.8 Å². The molecule has 1 saturated heterocycles. The molecule has 0 bridgehead atoms. The van der Waals surface area contributed by atoms with Crippen molar-refractivity contribution in [3.8, 4) is 0 Å². The Labute approximate surface area is 115 Å². The SMILES string of the molecule is CCCNc1ncnc(NC2CCN(C)CC2)c1C. The second-order valence-corrected chi connectivity index (χ2v) is 5.34. The summed E-state index contributed by atoms with van der Waals surface area (Å²) in [5.74, 6) is 1.93. The van der Waals surface area contributed by atoms with Crippen LogP contribution in [0.2, 0.25) is 0 Å². The lowest BCUT2D eigenvalue weighted by molar-refractivity contribution is 0.263. The van der Waals surface area contributed by atoms with Crippen molar-refractivity contribution in [3.63, 3.8) is 0 Å². The molecule has 5 heteroatoms. The first kappa shape index (κ1) is 14.1. The van der Waals surface area contributed by atoms with Crippen molar-refractivity contribution in [2.24, 2.45) is 0 Å². The lowest BCUT2D eigenvalue weighted by Gasteiger charge is -2.30. The molecule has 2 heterocycles. The molecule has 0 saturated carbocycles. The molecule has 2 N–H and O–H groups in total. The van der Waals surface area contributed by atoms with E-state index in [2.05, 4.69) is 46.4 Å². The Morgan fingerprint density at radius 3 is 2.63 bits per heavy atom. The van der Waals surface area contributed by atoms with Crippen LogP contribution < -0.4 is 10.6 Å². The molecule has 0 amide bonds. The molecule has 1 aromatic heterocycles. The second-order valence-electron chi connectivity index (χ2n) is 5.34. The molecule has 106 valence electrons. The molecule has 0 unspecified atom stereocenters. The third-order valence-corrected chi connectivity index (χ3v) is 3.69. The van der Waals surface area contributed by atoms with Crippen molar-refractivity contribution >= 4 is 11.6 Å². The van der Waals surface area contributed by atoms with Crippen LogP contribution in [-0.2, 0) is 0 Å². The van der Waals surface area contributed by atoms with E-state index in [4.69, 9.17) is 0 Å². The van der Waals surface area contributed by atoms with Crippen LogP contribution in [0.3, 0.4) is 0 Å². The molecule has 0 spiro atoms. The molecule has 1 fully saturated rings. The quantitative estimate of drug-likeness (QED) is 0.852. The van der Waals surface area contributed by atoms with Crippen molar-refractivity contribution < 1.29 is 0 Å². The molecule has 1 aliphatic heterocycles. The van der Waals surface area contributed by atoms with Gasteiger partial charge >= 0.3 is 0 Å². The highest BCUT2D eigenvalue weighted by atomic mass is 15.1. The Morgan fingerprint density at radius 2 is 1.95 bits per heavy atom. The Kier molecular flexibility index (Phi) is 4.96. The zero-order chi connectivity index (χ0) is 13.7. The molecule has 5 nitrogen and oxygen atoms in total. The Balaban J connectivity index is 1.99. The second kappa shape index (κ2) is 6.70. The van der Waals surface area contributed by atoms with E-state index in [0.29, 0.717) is 6.04 Å². The van der Waals surface area contributed by atoms with E-state index in [0.717, 1.165) is 43.3 Å². The standard InChI is InChI=1S/C14H25N5/c1-4-7-15-13-11(2)14(17-10-16-13)18-12-5-8-19(3)9-6-12/h10,12H,4-9H2,1-3H3,(H2,15,16,17,18). The topological polar surface area (TPSA) is 53.1 Å². The average Bonchev–Trinajstić information content (AvgIpc) is 2.42. The summed E-state index contributed by atoms with van der Waals surface area (Å²) in [6.45, 7) is 7.49. The molecule has 19 heavy (non-hydrogen) atoms. The zero-order valence-electron chi connectivity index (χ0n) is 12.2. The maximum Gasteiger partial charge on any atom is 0.134 e. The van der Waals surface area contributed by atoms with Crippen LogP contribution in [0.15, 0.2) is 6.33 Å². The average molecular weight is 263 g/mol. The summed E-state index contributed by atoms with van der Waals surface area (Å²) >= 11 is 0. The highest BCUT2D eigenvalue weighted by Crippen LogP contribution is 2.21. The smallest absolute Gasteiger partial charge is 0.134 e. The third kappa shape index (κ3) is 3.80. The van der Waals surface area contributed by atoms with Gasteiger partial charge in [-0.2, -0.15) is 0 Å². The number of rotatable bonds is 5. The van der Waals surface area contributed by atoms with Crippen LogP contribution in [-0.4, -0.2) is 47.6 Å². The fourth-order valence-corrected chi connectivity index (χ4v) is 2.36. The number of nitrogens with one attached hydrogen (secondary N) is 2. The lowest BCUT2D eigenvalue weighted by atomic mass is 10.1. The van der Waals surface area contributed by atoms with Crippen molar-refractivity contribution in [2.75, 3.05) is 37.3 Å². The summed E-state index contributed by atoms with van der Waals surface area (Å²) < 4.78 is 0. The van der Waals surface area contributed by atoms with Gasteiger partial charge in [0.05, 0.1) is 0 Å². The number of hydrogen-bond acceptors (Lipinski definition) is 5. The highest BCUT2D eigenvalue weighted by Gasteiger charge is 2.18. The van der Waals surface area contributed by atoms with Gasteiger partial charge in [0.25, 0.3) is 0 Å². The third-order valence-electron chi connectivity index (χ3n) is 3.69. The number of anilines is 2. The number of aromatic nitrogens is 2. The van der Waals surface area contributed by atoms with Gasteiger partial charge in [-0.1, -0.05) is 6.92 Å². The van der Waals surface area contributed by atoms with Gasteiger partial charge in [0.15, 0.2) is 0 Å². The van der Waals surface area contributed by atoms with E-state index in [-0.39, 0.29) is 0 Å². The van der Waals surface area contributed by atoms with Crippen LogP contribution in [0, 0.1) is 6.92 Å². The minimum Gasteiger partial charge on any atom is -0.370 e. The van der Waals surface area contributed by atoms with Gasteiger partial charge in [-0.25, -0.2) is 9.97 Å². The summed E-state index contributed by atoms with van der Waals surface area (Å²) in [6.07, 6.45) is 5.10. The molecule has 2 rings (SSSR count). The Hall–Kier alpha value is -1.36. The largest absolute Gasteiger partial charge is 0.370 e. The monoisotopic (exact) mass is 263 g/mol. The van der Waals surface area contributed by atoms with E-state index in [1.807, 2.05) is 0 Å². The van der Waals surface area contributed by atoms with Gasteiger partial charge in [0, 0.05) is 18.2 Å². The van der Waals surface area contributed by atoms with Crippen molar-refractivity contribution in [1.82, 2.24) is 14.9 Å². The Bertz CT molecular complexity index is 399. The molecule has 0 aromatic carbocycles. The molecular weight excluding hydrogens is 238 g/mol. The molecular formula is C14H25N5. The fourth-order valence-electron chi connectivity index (χ4n) is 2.36. The molecule has 0 atom stereocenters. The number of piperidine rings is 1. The van der Waals surface area contributed by atoms with Crippen LogP contribution in [0.5, 0.6) is 0 Å². The van der Waals surface area contributed by atoms with E-state index in [1.54, 1.807) is 6.33 Å². The van der Waals surface area contributed by atoms with Gasteiger partial charge in [0.1, 0.15) is 18.0 Å². The van der Waals surface area contributed by atoms with Crippen LogP contribution in [0.1, 0.15) is 31.7 Å². The minimum atomic E-state index is 0.531. The Morgan fingerprint density at radius 1 is 1.26 bits per heavy atom. The van der Waals surface area contributed by atoms with Crippen molar-refractivity contribution in [3.05, 3.63) is 11.9 Å². The van der Waals surface area contributed by atoms with E-state index >= 15 is 0 Å². The molecule has 1 aromatic rings. The summed E-state index contributed by atoms with van der Waals surface area (Å²) in [6, 6.07) is 0.531. The zero-order valence-corrected chi connectivity index (χ0v) is 12.2. The molecule has 0 radical (unpaired) electrons. The lowest BCUT2D eigenvalue weighted by Crippen LogP contribution is -2.37. The maximum absolute atomic E-state index is 4.38. The summed E-state index contributed by atoms with van der Waals surface area (Å²) in [4.78, 5) is 11.1. The van der Waals surface area contributed by atoms with Gasteiger partial charge in [-0.3, -0.25) is 0 Å². The number of likely N-dealkylation sites (tertiary alicyclic amines) is 1. The number of hydrogen-bond donors (Lipinski definition) is 2. The maximum atomic E-state index is 4.38. The van der Waals surface area contributed by atoms with Crippen molar-refractivity contribution in [2.45, 2.75) is 39.2 Å². The normalized spacial score (nSPS) is 17.4. The predicted octanol–water partition coefficient (Wildman–Crippen LogP) is 2.11. The van der Waals surface area contributed by atoms with Crippen LogP contribution in [0.25, 0.3) is 0 Å². The number of nitrogens with zero attached hydrogens (tertiary/aromatic N) is 3. The first-order chi connectivity index (χ1) is 9.20. The first-order valence-electron chi connectivity index (χ1n) is 7.21. The molecule has 0 aliphatic carbocycles. The van der Waals surface area contributed by atoms with Gasteiger partial charge in [-0.15, -0.1) is 0 Å². The highest BCUT2D eigenvalue weighted by molar-refractivity contribution is 5.56. The molecule has 1 aliphatic rings. The van der Waals surface area contributed by atoms with Gasteiger partial charge in [-0.05, 0) is 46.3 Å². The first-order valence-corrected chi connectivity index (χ1v) is 7.21. The summed E-state index contributed by atoms with van der Waals surface area (Å²) in [5.41, 5.74) is 1.12. The van der Waals surface area contributed by atoms with Gasteiger partial charge in [0.2, 0.25) is 0 Å². The fraction of sp³-hybridized carbons (Fsp3) is 0.714. The van der Waals surface area contributed by atoms with Gasteiger partial charge < -0.3 is 15.5 Å². The van der Waals surface area contributed by atoms with E-state index in [9.17, 15) is 0 Å². The van der Waals surface area contributed by atoms with Crippen molar-refractivity contribution in [1.29, 1.82) is 0 Å².